The van der Waals surface area contributed by atoms with Crippen LogP contribution in [0.4, 0.5) is 0 Å². The molecule has 1 aliphatic heterocycles. The summed E-state index contributed by atoms with van der Waals surface area (Å²) in [5.41, 5.74) is 0. The van der Waals surface area contributed by atoms with Gasteiger partial charge in [0.2, 0.25) is 0 Å². The van der Waals surface area contributed by atoms with Crippen LogP contribution >= 0.6 is 0 Å². The third kappa shape index (κ3) is 9.21. The van der Waals surface area contributed by atoms with Gasteiger partial charge in [0.05, 0.1) is 5.92 Å². The minimum atomic E-state index is -2.18. The summed E-state index contributed by atoms with van der Waals surface area (Å²) in [6.45, 7) is 1.90. The van der Waals surface area contributed by atoms with Gasteiger partial charge in [-0.05, 0) is 25.7 Å². The van der Waals surface area contributed by atoms with E-state index in [0.717, 1.165) is 64.2 Å². The molecular weight excluding hydrogens is 324 g/mol. The zero-order valence-electron chi connectivity index (χ0n) is 15.5. The summed E-state index contributed by atoms with van der Waals surface area (Å²) >= 11 is 0. The van der Waals surface area contributed by atoms with Crippen molar-refractivity contribution in [2.45, 2.75) is 96.4 Å². The van der Waals surface area contributed by atoms with Crippen LogP contribution in [0.5, 0.6) is 0 Å². The quantitative estimate of drug-likeness (QED) is 0.535. The van der Waals surface area contributed by atoms with Gasteiger partial charge in [-0.15, -0.1) is 0 Å². The van der Waals surface area contributed by atoms with E-state index in [-0.39, 0.29) is 19.4 Å². The Kier molecular flexibility index (Phi) is 10.7. The second-order valence-corrected chi connectivity index (χ2v) is 7.03. The standard InChI is InChI=1S/C19H34O6/c1-16(12-8-6-7-11-15-20)19(23)24-17(21)13-9-4-2-3-5-10-14-18(22)25-19/h16,20,23H,2-15H2,1H3. The number of unbranched alkanes of at least 4 members (excludes halogenated alkanes) is 3. The van der Waals surface area contributed by atoms with Crippen LogP contribution in [0.15, 0.2) is 0 Å². The highest BCUT2D eigenvalue weighted by Gasteiger charge is 2.42. The van der Waals surface area contributed by atoms with E-state index in [0.29, 0.717) is 6.42 Å². The molecule has 1 saturated heterocycles. The Hall–Kier alpha value is -1.14. The Balaban J connectivity index is 2.64. The van der Waals surface area contributed by atoms with Crippen LogP contribution in [0.1, 0.15) is 90.4 Å². The van der Waals surface area contributed by atoms with Crippen molar-refractivity contribution in [3.63, 3.8) is 0 Å². The van der Waals surface area contributed by atoms with Crippen molar-refractivity contribution >= 4 is 11.9 Å². The lowest BCUT2D eigenvalue weighted by Gasteiger charge is -2.32. The molecule has 1 aliphatic rings. The molecule has 1 atom stereocenters. The van der Waals surface area contributed by atoms with E-state index in [1.165, 1.54) is 0 Å². The smallest absolute Gasteiger partial charge is 0.375 e. The number of carbonyl (C=O) groups excluding carboxylic acids is 2. The Morgan fingerprint density at radius 2 is 1.36 bits per heavy atom. The number of esters is 2. The fraction of sp³-hybridized carbons (Fsp3) is 0.895. The first-order valence-electron chi connectivity index (χ1n) is 9.75. The molecular formula is C19H34O6. The SMILES string of the molecule is CC(CCCCCCO)C1(O)OC(=O)CCCCCCCCC(=O)O1. The fourth-order valence-corrected chi connectivity index (χ4v) is 2.99. The average Bonchev–Trinajstić information content (AvgIpc) is 2.57. The molecule has 0 spiro atoms. The van der Waals surface area contributed by atoms with Crippen LogP contribution < -0.4 is 0 Å². The number of cyclic esters (lactones) is 2. The summed E-state index contributed by atoms with van der Waals surface area (Å²) in [7, 11) is 0. The Morgan fingerprint density at radius 1 is 0.880 bits per heavy atom. The molecule has 0 aliphatic carbocycles. The number of aliphatic hydroxyl groups is 2. The first-order valence-corrected chi connectivity index (χ1v) is 9.75. The minimum absolute atomic E-state index is 0.175. The molecule has 0 saturated carbocycles. The maximum Gasteiger partial charge on any atom is 0.375 e. The largest absolute Gasteiger partial charge is 0.398 e. The molecule has 0 aromatic carbocycles. The number of hydrogen-bond acceptors (Lipinski definition) is 6. The molecule has 0 bridgehead atoms. The number of hydrogen-bond donors (Lipinski definition) is 2. The number of aliphatic hydroxyl groups excluding tert-OH is 1. The summed E-state index contributed by atoms with van der Waals surface area (Å²) in [6.07, 6.45) is 9.80. The molecule has 25 heavy (non-hydrogen) atoms. The maximum atomic E-state index is 12.0. The van der Waals surface area contributed by atoms with Gasteiger partial charge in [-0.25, -0.2) is 0 Å². The van der Waals surface area contributed by atoms with Gasteiger partial charge in [0.1, 0.15) is 0 Å². The molecule has 0 amide bonds. The van der Waals surface area contributed by atoms with Crippen molar-refractivity contribution < 1.29 is 29.3 Å². The summed E-state index contributed by atoms with van der Waals surface area (Å²) in [6, 6.07) is 0. The summed E-state index contributed by atoms with van der Waals surface area (Å²) < 4.78 is 10.4. The van der Waals surface area contributed by atoms with E-state index in [4.69, 9.17) is 14.6 Å². The zero-order chi connectivity index (χ0) is 18.5. The fourth-order valence-electron chi connectivity index (χ4n) is 2.99. The van der Waals surface area contributed by atoms with Gasteiger partial charge in [-0.1, -0.05) is 51.9 Å². The van der Waals surface area contributed by atoms with E-state index in [1.54, 1.807) is 6.92 Å². The van der Waals surface area contributed by atoms with Crippen LogP contribution in [0.3, 0.4) is 0 Å². The van der Waals surface area contributed by atoms with Gasteiger partial charge in [-0.2, -0.15) is 0 Å². The van der Waals surface area contributed by atoms with Crippen molar-refractivity contribution in [3.05, 3.63) is 0 Å². The molecule has 146 valence electrons. The van der Waals surface area contributed by atoms with Gasteiger partial charge in [-0.3, -0.25) is 9.59 Å². The van der Waals surface area contributed by atoms with Gasteiger partial charge >= 0.3 is 17.9 Å². The molecule has 1 unspecified atom stereocenters. The predicted octanol–water partition coefficient (Wildman–Crippen LogP) is 3.43. The normalized spacial score (nSPS) is 21.2. The van der Waals surface area contributed by atoms with Crippen molar-refractivity contribution in [1.29, 1.82) is 0 Å². The topological polar surface area (TPSA) is 93.1 Å². The highest BCUT2D eigenvalue weighted by atomic mass is 16.8. The predicted molar refractivity (Wildman–Crippen MR) is 93.4 cm³/mol. The molecule has 2 N–H and O–H groups in total. The van der Waals surface area contributed by atoms with Crippen LogP contribution in [0, 0.1) is 5.92 Å². The van der Waals surface area contributed by atoms with Gasteiger partial charge in [0.15, 0.2) is 0 Å². The molecule has 0 aromatic rings. The van der Waals surface area contributed by atoms with Crippen molar-refractivity contribution in [2.75, 3.05) is 6.61 Å². The van der Waals surface area contributed by atoms with Crippen molar-refractivity contribution in [1.82, 2.24) is 0 Å². The van der Waals surface area contributed by atoms with Gasteiger partial charge in [0.25, 0.3) is 0 Å². The van der Waals surface area contributed by atoms with Crippen molar-refractivity contribution in [3.8, 4) is 0 Å². The highest BCUT2D eigenvalue weighted by Crippen LogP contribution is 2.28. The minimum Gasteiger partial charge on any atom is -0.398 e. The first-order chi connectivity index (χ1) is 12.0. The molecule has 0 aromatic heterocycles. The Morgan fingerprint density at radius 3 is 1.88 bits per heavy atom. The van der Waals surface area contributed by atoms with E-state index in [9.17, 15) is 14.7 Å². The second-order valence-electron chi connectivity index (χ2n) is 7.03. The zero-order valence-corrected chi connectivity index (χ0v) is 15.5. The van der Waals surface area contributed by atoms with E-state index in [2.05, 4.69) is 0 Å². The Labute approximate surface area is 150 Å². The number of ether oxygens (including phenoxy) is 2. The summed E-state index contributed by atoms with van der Waals surface area (Å²) in [5.74, 6) is -3.73. The van der Waals surface area contributed by atoms with Crippen molar-refractivity contribution in [2.24, 2.45) is 5.92 Å². The average molecular weight is 358 g/mol. The van der Waals surface area contributed by atoms with Gasteiger partial charge in [0, 0.05) is 19.4 Å². The van der Waals surface area contributed by atoms with Crippen LogP contribution in [0.25, 0.3) is 0 Å². The summed E-state index contributed by atoms with van der Waals surface area (Å²) in [5, 5.41) is 19.5. The van der Waals surface area contributed by atoms with Crippen LogP contribution in [0.2, 0.25) is 0 Å². The molecule has 6 heteroatoms. The van der Waals surface area contributed by atoms with E-state index in [1.807, 2.05) is 0 Å². The maximum absolute atomic E-state index is 12.0. The van der Waals surface area contributed by atoms with E-state index >= 15 is 0 Å². The lowest BCUT2D eigenvalue weighted by molar-refractivity contribution is -0.348. The number of carbonyl (C=O) groups is 2. The molecule has 6 nitrogen and oxygen atoms in total. The molecule has 0 radical (unpaired) electrons. The lowest BCUT2D eigenvalue weighted by Crippen LogP contribution is -2.45. The highest BCUT2D eigenvalue weighted by molar-refractivity contribution is 5.71. The van der Waals surface area contributed by atoms with Crippen LogP contribution in [-0.2, 0) is 19.1 Å². The first kappa shape index (κ1) is 21.9. The van der Waals surface area contributed by atoms with E-state index < -0.39 is 23.8 Å². The second kappa shape index (κ2) is 12.3. The third-order valence-corrected chi connectivity index (χ3v) is 4.70. The molecule has 1 heterocycles. The molecule has 1 rings (SSSR count). The Bertz CT molecular complexity index is 371. The van der Waals surface area contributed by atoms with Gasteiger partial charge < -0.3 is 19.7 Å². The lowest BCUT2D eigenvalue weighted by atomic mass is 10.00. The number of rotatable bonds is 7. The third-order valence-electron chi connectivity index (χ3n) is 4.70. The summed E-state index contributed by atoms with van der Waals surface area (Å²) in [4.78, 5) is 24.1. The molecule has 1 fully saturated rings. The van der Waals surface area contributed by atoms with Crippen LogP contribution in [-0.4, -0.2) is 34.7 Å². The monoisotopic (exact) mass is 358 g/mol.